The number of amidine groups is 2. The fourth-order valence-corrected chi connectivity index (χ4v) is 5.01. The highest BCUT2D eigenvalue weighted by Crippen LogP contribution is 2.39. The summed E-state index contributed by atoms with van der Waals surface area (Å²) in [5, 5.41) is 14.8. The summed E-state index contributed by atoms with van der Waals surface area (Å²) in [6, 6.07) is 13.0. The van der Waals surface area contributed by atoms with Gasteiger partial charge in [0.1, 0.15) is 5.75 Å². The average molecular weight is 499 g/mol. The van der Waals surface area contributed by atoms with Crippen LogP contribution in [0, 0.1) is 5.41 Å². The van der Waals surface area contributed by atoms with E-state index in [-0.39, 0.29) is 11.4 Å². The second-order valence-corrected chi connectivity index (χ2v) is 9.15. The van der Waals surface area contributed by atoms with E-state index in [1.54, 1.807) is 18.2 Å². The summed E-state index contributed by atoms with van der Waals surface area (Å²) in [4.78, 5) is 16.8. The highest BCUT2D eigenvalue weighted by Gasteiger charge is 2.35. The van der Waals surface area contributed by atoms with Gasteiger partial charge in [-0.1, -0.05) is 30.0 Å². The molecule has 9 nitrogen and oxygen atoms in total. The first-order valence-electron chi connectivity index (χ1n) is 10.1. The summed E-state index contributed by atoms with van der Waals surface area (Å²) in [5.74, 6) is 2.24. The minimum Gasteiger partial charge on any atom is -0.493 e. The van der Waals surface area contributed by atoms with Crippen LogP contribution >= 0.6 is 23.5 Å². The Hall–Kier alpha value is -3.44. The first-order valence-corrected chi connectivity index (χ1v) is 11.9. The topological polar surface area (TPSA) is 106 Å². The van der Waals surface area contributed by atoms with Crippen molar-refractivity contribution in [1.82, 2.24) is 5.01 Å². The molecule has 11 heteroatoms. The van der Waals surface area contributed by atoms with Gasteiger partial charge in [0.2, 0.25) is 10.9 Å². The van der Waals surface area contributed by atoms with Crippen LogP contribution in [0.1, 0.15) is 5.56 Å². The van der Waals surface area contributed by atoms with E-state index in [9.17, 15) is 4.79 Å². The lowest BCUT2D eigenvalue weighted by atomic mass is 10.1. The molecule has 1 amide bonds. The summed E-state index contributed by atoms with van der Waals surface area (Å²) in [6.07, 6.45) is 1.56. The fraction of sp³-hybridized carbons (Fsp3) is 0.217. The molecule has 2 aromatic carbocycles. The summed E-state index contributed by atoms with van der Waals surface area (Å²) in [7, 11) is 4.54. The molecule has 0 aromatic heterocycles. The Morgan fingerprint density at radius 1 is 1.09 bits per heavy atom. The number of carbonyl (C=O) groups excluding carboxylic acids is 1. The molecule has 2 heterocycles. The number of para-hydroxylation sites is 1. The van der Waals surface area contributed by atoms with Crippen LogP contribution in [-0.4, -0.2) is 60.0 Å². The van der Waals surface area contributed by atoms with E-state index in [1.807, 2.05) is 30.3 Å². The van der Waals surface area contributed by atoms with Crippen LogP contribution in [0.15, 0.2) is 58.1 Å². The number of carbonyl (C=O) groups is 1. The molecule has 0 atom stereocenters. The zero-order valence-corrected chi connectivity index (χ0v) is 20.4. The van der Waals surface area contributed by atoms with Crippen molar-refractivity contribution < 1.29 is 23.7 Å². The van der Waals surface area contributed by atoms with E-state index in [0.717, 1.165) is 5.75 Å². The van der Waals surface area contributed by atoms with Crippen LogP contribution in [0.4, 0.5) is 0 Å². The second-order valence-electron chi connectivity index (χ2n) is 6.85. The van der Waals surface area contributed by atoms with Gasteiger partial charge < -0.3 is 18.9 Å². The van der Waals surface area contributed by atoms with Crippen LogP contribution in [-0.2, 0) is 4.79 Å². The van der Waals surface area contributed by atoms with E-state index < -0.39 is 5.91 Å². The van der Waals surface area contributed by atoms with Crippen molar-refractivity contribution in [2.45, 2.75) is 0 Å². The smallest absolute Gasteiger partial charge is 0.283 e. The number of hydrazone groups is 1. The molecule has 0 radical (unpaired) electrons. The third-order valence-corrected chi connectivity index (χ3v) is 6.76. The third kappa shape index (κ3) is 5.05. The second kappa shape index (κ2) is 10.7. The average Bonchev–Trinajstić information content (AvgIpc) is 3.27. The van der Waals surface area contributed by atoms with Crippen LogP contribution < -0.4 is 18.9 Å². The molecule has 2 aliphatic heterocycles. The van der Waals surface area contributed by atoms with Gasteiger partial charge in [-0.2, -0.15) is 10.0 Å². The first-order chi connectivity index (χ1) is 16.5. The zero-order valence-electron chi connectivity index (χ0n) is 18.7. The van der Waals surface area contributed by atoms with Crippen LogP contribution in [0.5, 0.6) is 23.0 Å². The number of hydrogen-bond donors (Lipinski definition) is 1. The first kappa shape index (κ1) is 23.7. The Labute approximate surface area is 205 Å². The Bertz CT molecular complexity index is 1170. The van der Waals surface area contributed by atoms with Crippen molar-refractivity contribution in [3.8, 4) is 23.0 Å². The van der Waals surface area contributed by atoms with Gasteiger partial charge in [-0.3, -0.25) is 10.2 Å². The van der Waals surface area contributed by atoms with Gasteiger partial charge in [0.05, 0.1) is 33.5 Å². The molecule has 0 saturated carbocycles. The van der Waals surface area contributed by atoms with Crippen molar-refractivity contribution >= 4 is 50.9 Å². The monoisotopic (exact) mass is 498 g/mol. The summed E-state index contributed by atoms with van der Waals surface area (Å²) in [6.45, 7) is 0.503. The van der Waals surface area contributed by atoms with Crippen molar-refractivity contribution in [3.05, 3.63) is 53.6 Å². The minimum absolute atomic E-state index is 0.0487. The Morgan fingerprint density at radius 3 is 2.44 bits per heavy atom. The summed E-state index contributed by atoms with van der Waals surface area (Å²) in [5.41, 5.74) is 0.714. The van der Waals surface area contributed by atoms with E-state index in [0.29, 0.717) is 44.7 Å². The van der Waals surface area contributed by atoms with Gasteiger partial charge in [-0.15, -0.1) is 5.10 Å². The molecule has 0 fully saturated rings. The quantitative estimate of drug-likeness (QED) is 0.428. The lowest BCUT2D eigenvalue weighted by Crippen LogP contribution is -2.35. The normalized spacial score (nSPS) is 16.2. The van der Waals surface area contributed by atoms with Gasteiger partial charge in [0, 0.05) is 5.75 Å². The number of methoxy groups -OCH3 is 3. The number of ether oxygens (including phenoxy) is 4. The number of nitrogens with zero attached hydrogens (tertiary/aromatic N) is 3. The standard InChI is InChI=1S/C23H22N4O5S2/c1-29-17-12-14(13-18(30-2)19(17)31-3)11-16-20(24)27-22(25-21(16)28)34-23(26-27)33-10-9-32-15-7-5-4-6-8-15/h4-8,11-13,24H,9-10H2,1-3H3/b16-11-,24-20?. The molecule has 176 valence electrons. The van der Waals surface area contributed by atoms with E-state index in [4.69, 9.17) is 24.4 Å². The number of fused-ring (bicyclic) bond motifs is 1. The lowest BCUT2D eigenvalue weighted by Gasteiger charge is -2.20. The van der Waals surface area contributed by atoms with Crippen LogP contribution in [0.2, 0.25) is 0 Å². The van der Waals surface area contributed by atoms with Gasteiger partial charge >= 0.3 is 0 Å². The molecule has 0 aliphatic carbocycles. The molecule has 0 unspecified atom stereocenters. The Kier molecular flexibility index (Phi) is 7.43. The molecular weight excluding hydrogens is 476 g/mol. The molecule has 34 heavy (non-hydrogen) atoms. The Morgan fingerprint density at radius 2 is 1.79 bits per heavy atom. The molecule has 1 N–H and O–H groups in total. The maximum atomic E-state index is 12.7. The van der Waals surface area contributed by atoms with Crippen molar-refractivity contribution in [3.63, 3.8) is 0 Å². The number of amides is 1. The van der Waals surface area contributed by atoms with Crippen molar-refractivity contribution in [2.75, 3.05) is 33.7 Å². The number of hydrogen-bond acceptors (Lipinski definition) is 9. The molecular formula is C23H22N4O5S2. The van der Waals surface area contributed by atoms with Crippen molar-refractivity contribution in [2.24, 2.45) is 10.1 Å². The van der Waals surface area contributed by atoms with E-state index >= 15 is 0 Å². The molecule has 0 saturated heterocycles. The van der Waals surface area contributed by atoms with E-state index in [2.05, 4.69) is 10.1 Å². The van der Waals surface area contributed by atoms with Crippen LogP contribution in [0.3, 0.4) is 0 Å². The number of thioether (sulfide) groups is 2. The SMILES string of the molecule is COc1cc(/C=C2/C(=N)N3N=C(SCCOc4ccccc4)SC3=NC2=O)cc(OC)c1OC. The largest absolute Gasteiger partial charge is 0.493 e. The maximum Gasteiger partial charge on any atom is 0.283 e. The molecule has 0 spiro atoms. The molecule has 2 aliphatic rings. The predicted octanol–water partition coefficient (Wildman–Crippen LogP) is 4.10. The van der Waals surface area contributed by atoms with Gasteiger partial charge in [0.15, 0.2) is 21.7 Å². The van der Waals surface area contributed by atoms with Gasteiger partial charge in [0.25, 0.3) is 5.91 Å². The summed E-state index contributed by atoms with van der Waals surface area (Å²) >= 11 is 2.74. The zero-order chi connectivity index (χ0) is 24.1. The molecule has 4 rings (SSSR count). The highest BCUT2D eigenvalue weighted by molar-refractivity contribution is 8.45. The van der Waals surface area contributed by atoms with Gasteiger partial charge in [-0.05, 0) is 47.7 Å². The maximum absolute atomic E-state index is 12.7. The van der Waals surface area contributed by atoms with Gasteiger partial charge in [-0.25, -0.2) is 0 Å². The third-order valence-electron chi connectivity index (χ3n) is 4.75. The number of rotatable bonds is 8. The van der Waals surface area contributed by atoms with E-state index in [1.165, 1.54) is 49.9 Å². The minimum atomic E-state index is -0.508. The Balaban J connectivity index is 1.48. The van der Waals surface area contributed by atoms with Crippen LogP contribution in [0.25, 0.3) is 6.08 Å². The molecule has 0 bridgehead atoms. The highest BCUT2D eigenvalue weighted by atomic mass is 32.2. The summed E-state index contributed by atoms with van der Waals surface area (Å²) < 4.78 is 22.5. The fourth-order valence-electron chi connectivity index (χ4n) is 3.19. The van der Waals surface area contributed by atoms with Crippen molar-refractivity contribution in [1.29, 1.82) is 5.41 Å². The number of nitrogens with one attached hydrogen (secondary N) is 1. The lowest BCUT2D eigenvalue weighted by molar-refractivity contribution is -0.114. The predicted molar refractivity (Wildman–Crippen MR) is 136 cm³/mol. The molecule has 2 aromatic rings. The number of aliphatic imine (C=N–C) groups is 1. The number of benzene rings is 2.